The molecule has 1 aromatic heterocycles. The zero-order chi connectivity index (χ0) is 13.1. The van der Waals surface area contributed by atoms with Crippen molar-refractivity contribution in [2.45, 2.75) is 26.4 Å². The van der Waals surface area contributed by atoms with Crippen molar-refractivity contribution in [3.8, 4) is 0 Å². The minimum atomic E-state index is -0.566. The number of hydrogen-bond donors (Lipinski definition) is 0. The molecule has 0 fully saturated rings. The predicted molar refractivity (Wildman–Crippen MR) is 61.7 cm³/mol. The zero-order valence-electron chi connectivity index (χ0n) is 10.5. The molecule has 0 saturated carbocycles. The van der Waals surface area contributed by atoms with Crippen molar-refractivity contribution < 1.29 is 14.3 Å². The summed E-state index contributed by atoms with van der Waals surface area (Å²) in [6, 6.07) is 0. The Labute approximate surface area is 100 Å². The van der Waals surface area contributed by atoms with Crippen LogP contribution in [0.5, 0.6) is 0 Å². The van der Waals surface area contributed by atoms with Gasteiger partial charge in [0.2, 0.25) is 0 Å². The van der Waals surface area contributed by atoms with Gasteiger partial charge in [0.1, 0.15) is 18.5 Å². The third kappa shape index (κ3) is 4.26. The van der Waals surface area contributed by atoms with Gasteiger partial charge in [0.25, 0.3) is 5.91 Å². The van der Waals surface area contributed by atoms with Crippen LogP contribution in [0.3, 0.4) is 0 Å². The van der Waals surface area contributed by atoms with E-state index in [9.17, 15) is 9.59 Å². The molecule has 0 radical (unpaired) electrons. The molecule has 94 valence electrons. The second-order valence-electron chi connectivity index (χ2n) is 4.70. The first-order valence-corrected chi connectivity index (χ1v) is 5.25. The number of likely N-dealkylation sites (N-methyl/N-ethyl adjacent to an activating group) is 1. The second-order valence-corrected chi connectivity index (χ2v) is 4.70. The third-order valence-electron chi connectivity index (χ3n) is 1.87. The summed E-state index contributed by atoms with van der Waals surface area (Å²) < 4.78 is 6.45. The van der Waals surface area contributed by atoms with Gasteiger partial charge in [-0.1, -0.05) is 0 Å². The standard InChI is InChI=1S/C11H17N3O3/c1-11(2,3)17-10(16)13(4)7-9(15)14-6-5-12-8-14/h5-6,8H,7H2,1-4H3. The highest BCUT2D eigenvalue weighted by atomic mass is 16.6. The summed E-state index contributed by atoms with van der Waals surface area (Å²) in [6.45, 7) is 5.27. The number of hydrogen-bond acceptors (Lipinski definition) is 4. The Balaban J connectivity index is 2.52. The molecular weight excluding hydrogens is 222 g/mol. The first-order valence-electron chi connectivity index (χ1n) is 5.25. The van der Waals surface area contributed by atoms with E-state index in [-0.39, 0.29) is 12.5 Å². The normalized spacial score (nSPS) is 11.1. The summed E-state index contributed by atoms with van der Waals surface area (Å²) in [6.07, 6.45) is 3.91. The molecule has 6 nitrogen and oxygen atoms in total. The van der Waals surface area contributed by atoms with Crippen molar-refractivity contribution in [2.24, 2.45) is 0 Å². The Morgan fingerprint density at radius 3 is 2.53 bits per heavy atom. The minimum absolute atomic E-state index is 0.0503. The molecule has 1 heterocycles. The Kier molecular flexibility index (Phi) is 3.88. The molecule has 0 aliphatic carbocycles. The Bertz CT molecular complexity index is 393. The van der Waals surface area contributed by atoms with E-state index >= 15 is 0 Å². The number of aromatic nitrogens is 2. The van der Waals surface area contributed by atoms with Gasteiger partial charge in [-0.25, -0.2) is 9.78 Å². The molecular formula is C11H17N3O3. The van der Waals surface area contributed by atoms with Crippen molar-refractivity contribution in [2.75, 3.05) is 13.6 Å². The van der Waals surface area contributed by atoms with Crippen LogP contribution in [0.15, 0.2) is 18.7 Å². The maximum atomic E-state index is 11.7. The lowest BCUT2D eigenvalue weighted by molar-refractivity contribution is 0.0286. The molecule has 1 aromatic rings. The fourth-order valence-electron chi connectivity index (χ4n) is 1.10. The number of ether oxygens (including phenoxy) is 1. The summed E-state index contributed by atoms with van der Waals surface area (Å²) >= 11 is 0. The fourth-order valence-corrected chi connectivity index (χ4v) is 1.10. The summed E-state index contributed by atoms with van der Waals surface area (Å²) in [5.74, 6) is -0.240. The van der Waals surface area contributed by atoms with E-state index in [0.717, 1.165) is 0 Å². The lowest BCUT2D eigenvalue weighted by Gasteiger charge is -2.24. The van der Waals surface area contributed by atoms with Gasteiger partial charge in [-0.3, -0.25) is 9.36 Å². The third-order valence-corrected chi connectivity index (χ3v) is 1.87. The van der Waals surface area contributed by atoms with E-state index in [1.54, 1.807) is 20.8 Å². The maximum Gasteiger partial charge on any atom is 0.410 e. The molecule has 0 spiro atoms. The quantitative estimate of drug-likeness (QED) is 0.782. The second kappa shape index (κ2) is 4.99. The molecule has 0 unspecified atom stereocenters. The number of nitrogens with zero attached hydrogens (tertiary/aromatic N) is 3. The van der Waals surface area contributed by atoms with Gasteiger partial charge in [-0.2, -0.15) is 0 Å². The smallest absolute Gasteiger partial charge is 0.410 e. The van der Waals surface area contributed by atoms with Gasteiger partial charge in [0.05, 0.1) is 0 Å². The number of amides is 1. The highest BCUT2D eigenvalue weighted by molar-refractivity contribution is 5.84. The largest absolute Gasteiger partial charge is 0.444 e. The number of rotatable bonds is 2. The number of carbonyl (C=O) groups excluding carboxylic acids is 2. The van der Waals surface area contributed by atoms with E-state index in [2.05, 4.69) is 4.98 Å². The first kappa shape index (κ1) is 13.2. The van der Waals surface area contributed by atoms with Crippen LogP contribution in [0.25, 0.3) is 0 Å². The van der Waals surface area contributed by atoms with Crippen LogP contribution in [0, 0.1) is 0 Å². The Morgan fingerprint density at radius 1 is 1.41 bits per heavy atom. The summed E-state index contributed by atoms with van der Waals surface area (Å²) in [5, 5.41) is 0. The Morgan fingerprint density at radius 2 is 2.06 bits per heavy atom. The van der Waals surface area contributed by atoms with Gasteiger partial charge in [0.15, 0.2) is 0 Å². The summed E-state index contributed by atoms with van der Waals surface area (Å²) in [5.41, 5.74) is -0.566. The first-order chi connectivity index (χ1) is 7.79. The van der Waals surface area contributed by atoms with Crippen LogP contribution in [0.1, 0.15) is 25.6 Å². The van der Waals surface area contributed by atoms with Crippen molar-refractivity contribution >= 4 is 12.0 Å². The van der Waals surface area contributed by atoms with E-state index in [0.29, 0.717) is 0 Å². The van der Waals surface area contributed by atoms with Gasteiger partial charge in [0, 0.05) is 19.4 Å². The molecule has 0 saturated heterocycles. The van der Waals surface area contributed by atoms with Crippen LogP contribution < -0.4 is 0 Å². The molecule has 0 N–H and O–H groups in total. The zero-order valence-corrected chi connectivity index (χ0v) is 10.5. The van der Waals surface area contributed by atoms with E-state index in [4.69, 9.17) is 4.74 Å². The molecule has 0 aromatic carbocycles. The van der Waals surface area contributed by atoms with Gasteiger partial charge in [-0.05, 0) is 20.8 Å². The minimum Gasteiger partial charge on any atom is -0.444 e. The Hall–Kier alpha value is -1.85. The lowest BCUT2D eigenvalue weighted by Crippen LogP contribution is -2.38. The van der Waals surface area contributed by atoms with Crippen LogP contribution in [-0.2, 0) is 4.74 Å². The van der Waals surface area contributed by atoms with Gasteiger partial charge in [-0.15, -0.1) is 0 Å². The van der Waals surface area contributed by atoms with Crippen molar-refractivity contribution in [3.05, 3.63) is 18.7 Å². The average molecular weight is 239 g/mol. The molecule has 1 rings (SSSR count). The monoisotopic (exact) mass is 239 g/mol. The molecule has 0 bridgehead atoms. The van der Waals surface area contributed by atoms with Crippen LogP contribution in [0.2, 0.25) is 0 Å². The van der Waals surface area contributed by atoms with E-state index < -0.39 is 11.7 Å². The molecule has 17 heavy (non-hydrogen) atoms. The molecule has 0 aliphatic rings. The maximum absolute atomic E-state index is 11.7. The highest BCUT2D eigenvalue weighted by Gasteiger charge is 2.21. The molecule has 0 atom stereocenters. The summed E-state index contributed by atoms with van der Waals surface area (Å²) in [4.78, 5) is 28.2. The molecule has 0 aliphatic heterocycles. The average Bonchev–Trinajstić information content (AvgIpc) is 2.67. The van der Waals surface area contributed by atoms with Crippen LogP contribution >= 0.6 is 0 Å². The number of carbonyl (C=O) groups is 2. The van der Waals surface area contributed by atoms with E-state index in [1.807, 2.05) is 0 Å². The SMILES string of the molecule is CN(CC(=O)n1ccnc1)C(=O)OC(C)(C)C. The predicted octanol–water partition coefficient (Wildman–Crippen LogP) is 1.39. The van der Waals surface area contributed by atoms with Crippen molar-refractivity contribution in [1.82, 2.24) is 14.5 Å². The van der Waals surface area contributed by atoms with Crippen molar-refractivity contribution in [1.29, 1.82) is 0 Å². The van der Waals surface area contributed by atoms with Gasteiger partial charge >= 0.3 is 6.09 Å². The van der Waals surface area contributed by atoms with Gasteiger partial charge < -0.3 is 9.64 Å². The van der Waals surface area contributed by atoms with Crippen LogP contribution in [0.4, 0.5) is 4.79 Å². The topological polar surface area (TPSA) is 64.4 Å². The van der Waals surface area contributed by atoms with Crippen LogP contribution in [-0.4, -0.2) is 45.6 Å². The molecule has 6 heteroatoms. The number of imidazole rings is 1. The molecule has 1 amide bonds. The lowest BCUT2D eigenvalue weighted by atomic mass is 10.2. The highest BCUT2D eigenvalue weighted by Crippen LogP contribution is 2.08. The summed E-state index contributed by atoms with van der Waals surface area (Å²) in [7, 11) is 1.52. The van der Waals surface area contributed by atoms with E-state index in [1.165, 1.54) is 35.2 Å². The van der Waals surface area contributed by atoms with Crippen molar-refractivity contribution in [3.63, 3.8) is 0 Å². The fraction of sp³-hybridized carbons (Fsp3) is 0.545.